The Bertz CT molecular complexity index is 817. The Morgan fingerprint density at radius 3 is 2.61 bits per heavy atom. The summed E-state index contributed by atoms with van der Waals surface area (Å²) in [6.45, 7) is 2.85. The lowest BCUT2D eigenvalue weighted by atomic mass is 9.89. The summed E-state index contributed by atoms with van der Waals surface area (Å²) in [6.07, 6.45) is 6.39. The second kappa shape index (κ2) is 7.39. The van der Waals surface area contributed by atoms with Gasteiger partial charge in [-0.05, 0) is 30.5 Å². The summed E-state index contributed by atoms with van der Waals surface area (Å²) in [5.41, 5.74) is 1.24. The maximum absolute atomic E-state index is 13.4. The van der Waals surface area contributed by atoms with Crippen molar-refractivity contribution >= 4 is 22.4 Å². The summed E-state index contributed by atoms with van der Waals surface area (Å²) in [6, 6.07) is 8.50. The van der Waals surface area contributed by atoms with E-state index in [1.54, 1.807) is 18.4 Å². The predicted octanol–water partition coefficient (Wildman–Crippen LogP) is 3.98. The number of nitrogens with zero attached hydrogens (tertiary/aromatic N) is 3. The van der Waals surface area contributed by atoms with E-state index in [-0.39, 0.29) is 12.0 Å². The van der Waals surface area contributed by atoms with Crippen molar-refractivity contribution in [3.05, 3.63) is 41.4 Å². The van der Waals surface area contributed by atoms with Crippen LogP contribution >= 0.6 is 11.3 Å². The van der Waals surface area contributed by atoms with Gasteiger partial charge in [-0.3, -0.25) is 4.79 Å². The summed E-state index contributed by atoms with van der Waals surface area (Å²) in [7, 11) is 1.69. The van der Waals surface area contributed by atoms with Crippen molar-refractivity contribution in [2.45, 2.75) is 31.7 Å². The van der Waals surface area contributed by atoms with Crippen molar-refractivity contribution in [3.8, 4) is 5.75 Å². The van der Waals surface area contributed by atoms with E-state index in [9.17, 15) is 4.79 Å². The van der Waals surface area contributed by atoms with Crippen LogP contribution in [-0.4, -0.2) is 42.5 Å². The molecule has 2 saturated heterocycles. The van der Waals surface area contributed by atoms with E-state index < -0.39 is 0 Å². The fourth-order valence-electron chi connectivity index (χ4n) is 5.44. The molecule has 5 nitrogen and oxygen atoms in total. The largest absolute Gasteiger partial charge is 0.497 e. The first-order chi connectivity index (χ1) is 13.7. The van der Waals surface area contributed by atoms with Gasteiger partial charge in [0.1, 0.15) is 5.75 Å². The molecule has 3 aliphatic rings. The van der Waals surface area contributed by atoms with Crippen molar-refractivity contribution in [1.82, 2.24) is 9.88 Å². The standard InChI is InChI=1S/C22H27N3O2S/c1-27-18-8-6-15(7-9-18)20-19-14-24(22-23-10-11-28-22)12-17(19)13-25(20)21(26)16-4-2-3-5-16/h6-11,16-17,19-20H,2-5,12-14H2,1H3/t17-,19-,20-/m0/s1. The molecule has 0 spiro atoms. The number of fused-ring (bicyclic) bond motifs is 1. The lowest BCUT2D eigenvalue weighted by Gasteiger charge is -2.32. The van der Waals surface area contributed by atoms with Crippen molar-refractivity contribution in [1.29, 1.82) is 0 Å². The number of hydrogen-bond acceptors (Lipinski definition) is 5. The normalized spacial score (nSPS) is 27.4. The van der Waals surface area contributed by atoms with Gasteiger partial charge >= 0.3 is 0 Å². The highest BCUT2D eigenvalue weighted by molar-refractivity contribution is 7.13. The molecule has 2 aromatic rings. The number of rotatable bonds is 4. The number of carbonyl (C=O) groups excluding carboxylic acids is 1. The maximum Gasteiger partial charge on any atom is 0.226 e. The molecule has 5 rings (SSSR count). The molecular formula is C22H27N3O2S. The van der Waals surface area contributed by atoms with Crippen molar-refractivity contribution in [2.24, 2.45) is 17.8 Å². The summed E-state index contributed by atoms with van der Waals surface area (Å²) in [5.74, 6) is 2.45. The van der Waals surface area contributed by atoms with Gasteiger partial charge in [-0.15, -0.1) is 11.3 Å². The second-order valence-electron chi connectivity index (χ2n) is 8.33. The lowest BCUT2D eigenvalue weighted by molar-refractivity contribution is -0.136. The molecule has 0 unspecified atom stereocenters. The molecule has 148 valence electrons. The van der Waals surface area contributed by atoms with Crippen molar-refractivity contribution < 1.29 is 9.53 Å². The van der Waals surface area contributed by atoms with Crippen LogP contribution in [-0.2, 0) is 4.79 Å². The van der Waals surface area contributed by atoms with Gasteiger partial charge in [0.2, 0.25) is 5.91 Å². The summed E-state index contributed by atoms with van der Waals surface area (Å²) in [4.78, 5) is 22.5. The van der Waals surface area contributed by atoms with Gasteiger partial charge in [-0.1, -0.05) is 25.0 Å². The average molecular weight is 398 g/mol. The Labute approximate surface area is 170 Å². The molecule has 3 atom stereocenters. The van der Waals surface area contributed by atoms with Gasteiger partial charge in [-0.25, -0.2) is 4.98 Å². The van der Waals surface area contributed by atoms with Crippen LogP contribution < -0.4 is 9.64 Å². The topological polar surface area (TPSA) is 45.7 Å². The highest BCUT2D eigenvalue weighted by Crippen LogP contribution is 2.47. The van der Waals surface area contributed by atoms with E-state index in [1.165, 1.54) is 18.4 Å². The van der Waals surface area contributed by atoms with E-state index >= 15 is 0 Å². The van der Waals surface area contributed by atoms with Gasteiger partial charge in [0.25, 0.3) is 0 Å². The minimum absolute atomic E-state index is 0.161. The Morgan fingerprint density at radius 2 is 1.93 bits per heavy atom. The van der Waals surface area contributed by atoms with Crippen LogP contribution in [0.4, 0.5) is 5.13 Å². The highest BCUT2D eigenvalue weighted by atomic mass is 32.1. The average Bonchev–Trinajstić information content (AvgIpc) is 3.51. The third kappa shape index (κ3) is 3.08. The monoisotopic (exact) mass is 397 g/mol. The number of amides is 1. The summed E-state index contributed by atoms with van der Waals surface area (Å²) >= 11 is 1.71. The van der Waals surface area contributed by atoms with E-state index in [2.05, 4.69) is 26.9 Å². The number of methoxy groups -OCH3 is 1. The second-order valence-corrected chi connectivity index (χ2v) is 9.21. The van der Waals surface area contributed by atoms with Crippen molar-refractivity contribution in [2.75, 3.05) is 31.6 Å². The Hall–Kier alpha value is -2.08. The van der Waals surface area contributed by atoms with E-state index in [4.69, 9.17) is 4.74 Å². The maximum atomic E-state index is 13.4. The zero-order valence-electron chi connectivity index (χ0n) is 16.3. The van der Waals surface area contributed by atoms with Crippen LogP contribution in [0, 0.1) is 17.8 Å². The van der Waals surface area contributed by atoms with Crippen LogP contribution in [0.5, 0.6) is 5.75 Å². The molecule has 6 heteroatoms. The first kappa shape index (κ1) is 18.0. The zero-order valence-corrected chi connectivity index (χ0v) is 17.1. The molecule has 28 heavy (non-hydrogen) atoms. The number of anilines is 1. The Balaban J connectivity index is 1.44. The number of hydrogen-bond donors (Lipinski definition) is 0. The number of carbonyl (C=O) groups is 1. The molecule has 0 N–H and O–H groups in total. The number of benzene rings is 1. The Morgan fingerprint density at radius 1 is 1.14 bits per heavy atom. The number of likely N-dealkylation sites (tertiary alicyclic amines) is 1. The third-order valence-electron chi connectivity index (χ3n) is 6.80. The highest BCUT2D eigenvalue weighted by Gasteiger charge is 2.50. The molecule has 1 amide bonds. The molecular weight excluding hydrogens is 370 g/mol. The van der Waals surface area contributed by atoms with Crippen LogP contribution in [0.3, 0.4) is 0 Å². The van der Waals surface area contributed by atoms with Gasteiger partial charge < -0.3 is 14.5 Å². The van der Waals surface area contributed by atoms with Crippen LogP contribution in [0.15, 0.2) is 35.8 Å². The first-order valence-corrected chi connectivity index (χ1v) is 11.2. The van der Waals surface area contributed by atoms with E-state index in [0.29, 0.717) is 17.7 Å². The molecule has 1 aromatic heterocycles. The molecule has 1 aliphatic carbocycles. The predicted molar refractivity (Wildman–Crippen MR) is 111 cm³/mol. The number of aromatic nitrogens is 1. The molecule has 0 bridgehead atoms. The first-order valence-electron chi connectivity index (χ1n) is 10.3. The number of thiazole rings is 1. The quantitative estimate of drug-likeness (QED) is 0.783. The fraction of sp³-hybridized carbons (Fsp3) is 0.545. The molecule has 1 aromatic carbocycles. The van der Waals surface area contributed by atoms with Crippen LogP contribution in [0.25, 0.3) is 0 Å². The molecule has 3 fully saturated rings. The van der Waals surface area contributed by atoms with E-state index in [1.807, 2.05) is 23.7 Å². The van der Waals surface area contributed by atoms with E-state index in [0.717, 1.165) is 43.4 Å². The summed E-state index contributed by atoms with van der Waals surface area (Å²) in [5, 5.41) is 3.15. The smallest absolute Gasteiger partial charge is 0.226 e. The van der Waals surface area contributed by atoms with Crippen LogP contribution in [0.1, 0.15) is 37.3 Å². The van der Waals surface area contributed by atoms with Gasteiger partial charge in [-0.2, -0.15) is 0 Å². The SMILES string of the molecule is COc1ccc([C@H]2[C@H]3CN(c4nccs4)C[C@H]3CN2C(=O)C2CCCC2)cc1. The van der Waals surface area contributed by atoms with Crippen molar-refractivity contribution in [3.63, 3.8) is 0 Å². The zero-order chi connectivity index (χ0) is 19.1. The van der Waals surface area contributed by atoms with Gasteiger partial charge in [0.05, 0.1) is 13.2 Å². The van der Waals surface area contributed by atoms with Gasteiger partial charge in [0.15, 0.2) is 5.13 Å². The minimum Gasteiger partial charge on any atom is -0.497 e. The molecule has 1 saturated carbocycles. The fourth-order valence-corrected chi connectivity index (χ4v) is 6.10. The molecule has 2 aliphatic heterocycles. The van der Waals surface area contributed by atoms with Crippen LogP contribution in [0.2, 0.25) is 0 Å². The third-order valence-corrected chi connectivity index (χ3v) is 7.63. The Kier molecular flexibility index (Phi) is 4.75. The lowest BCUT2D eigenvalue weighted by Crippen LogP contribution is -2.38. The minimum atomic E-state index is 0.161. The van der Waals surface area contributed by atoms with Gasteiger partial charge in [0, 0.05) is 49.0 Å². The summed E-state index contributed by atoms with van der Waals surface area (Å²) < 4.78 is 5.34. The molecule has 0 radical (unpaired) electrons. The molecule has 3 heterocycles. The number of ether oxygens (including phenoxy) is 1.